The van der Waals surface area contributed by atoms with E-state index in [0.717, 1.165) is 11.6 Å². The van der Waals surface area contributed by atoms with Crippen LogP contribution in [0.1, 0.15) is 16.8 Å². The minimum atomic E-state index is -4.39. The van der Waals surface area contributed by atoms with Crippen LogP contribution < -0.4 is 0 Å². The third-order valence-electron chi connectivity index (χ3n) is 2.31. The van der Waals surface area contributed by atoms with E-state index < -0.39 is 11.9 Å². The Balaban J connectivity index is 2.76. The predicted octanol–water partition coefficient (Wildman–Crippen LogP) is 3.20. The number of hydrogen-bond donors (Lipinski definition) is 1. The Morgan fingerprint density at radius 1 is 1.20 bits per heavy atom. The van der Waals surface area contributed by atoms with E-state index in [0.29, 0.717) is 16.6 Å². The highest BCUT2D eigenvalue weighted by atomic mass is 19.4. The fraction of sp³-hybridized carbons (Fsp3) is 0.300. The lowest BCUT2D eigenvalue weighted by Crippen LogP contribution is -2.08. The highest BCUT2D eigenvalue weighted by Gasteiger charge is 2.33. The van der Waals surface area contributed by atoms with Crippen molar-refractivity contribution in [2.75, 3.05) is 0 Å². The number of halogens is 3. The molecule has 0 saturated carbocycles. The van der Waals surface area contributed by atoms with Crippen LogP contribution in [-0.4, -0.2) is 9.97 Å². The van der Waals surface area contributed by atoms with Gasteiger partial charge >= 0.3 is 6.18 Å². The van der Waals surface area contributed by atoms with Gasteiger partial charge in [-0.15, -0.1) is 0 Å². The second kappa shape index (κ2) is 2.98. The van der Waals surface area contributed by atoms with Gasteiger partial charge in [-0.05, 0) is 31.0 Å². The van der Waals surface area contributed by atoms with Gasteiger partial charge in [0.15, 0.2) is 0 Å². The molecule has 0 amide bonds. The zero-order valence-corrected chi connectivity index (χ0v) is 8.24. The quantitative estimate of drug-likeness (QED) is 0.716. The number of aryl methyl sites for hydroxylation is 2. The van der Waals surface area contributed by atoms with E-state index in [4.69, 9.17) is 0 Å². The van der Waals surface area contributed by atoms with Gasteiger partial charge in [-0.25, -0.2) is 4.98 Å². The van der Waals surface area contributed by atoms with E-state index in [1.165, 1.54) is 0 Å². The molecule has 0 aliphatic rings. The van der Waals surface area contributed by atoms with Crippen LogP contribution >= 0.6 is 0 Å². The van der Waals surface area contributed by atoms with Crippen LogP contribution in [-0.2, 0) is 6.18 Å². The minimum absolute atomic E-state index is 0.391. The first kappa shape index (κ1) is 10.0. The van der Waals surface area contributed by atoms with Gasteiger partial charge in [0.25, 0.3) is 0 Å². The number of nitrogens with one attached hydrogen (secondary N) is 1. The van der Waals surface area contributed by atoms with E-state index in [1.807, 2.05) is 0 Å². The van der Waals surface area contributed by atoms with Crippen LogP contribution in [0.4, 0.5) is 13.2 Å². The number of aromatic nitrogens is 2. The Hall–Kier alpha value is -1.52. The van der Waals surface area contributed by atoms with E-state index in [1.54, 1.807) is 20.0 Å². The van der Waals surface area contributed by atoms with Crippen molar-refractivity contribution >= 4 is 11.0 Å². The van der Waals surface area contributed by atoms with Gasteiger partial charge in [0.05, 0.1) is 11.0 Å². The number of rotatable bonds is 0. The molecule has 2 aromatic rings. The molecular formula is C10H9F3N2. The van der Waals surface area contributed by atoms with Crippen molar-refractivity contribution in [3.8, 4) is 0 Å². The molecule has 1 N–H and O–H groups in total. The fourth-order valence-electron chi connectivity index (χ4n) is 1.53. The standard InChI is InChI=1S/C10H9F3N2/c1-5-3-7(10(11,12)13)15-9-6(2)4-14-8(5)9/h3-4,14H,1-2H3. The predicted molar refractivity (Wildman–Crippen MR) is 50.6 cm³/mol. The van der Waals surface area contributed by atoms with Crippen molar-refractivity contribution in [1.82, 2.24) is 9.97 Å². The molecule has 0 bridgehead atoms. The average molecular weight is 214 g/mol. The van der Waals surface area contributed by atoms with E-state index in [9.17, 15) is 13.2 Å². The molecule has 0 atom stereocenters. The normalized spacial score (nSPS) is 12.3. The lowest BCUT2D eigenvalue weighted by atomic mass is 10.2. The molecule has 2 aromatic heterocycles. The van der Waals surface area contributed by atoms with E-state index >= 15 is 0 Å². The molecule has 2 rings (SSSR count). The molecule has 0 spiro atoms. The second-order valence-electron chi connectivity index (χ2n) is 3.52. The molecule has 0 unspecified atom stereocenters. The first-order valence-electron chi connectivity index (χ1n) is 4.42. The van der Waals surface area contributed by atoms with Crippen molar-refractivity contribution in [3.63, 3.8) is 0 Å². The van der Waals surface area contributed by atoms with Crippen molar-refractivity contribution < 1.29 is 13.2 Å². The van der Waals surface area contributed by atoms with Crippen LogP contribution in [0.25, 0.3) is 11.0 Å². The van der Waals surface area contributed by atoms with Crippen molar-refractivity contribution in [1.29, 1.82) is 0 Å². The smallest absolute Gasteiger partial charge is 0.359 e. The summed E-state index contributed by atoms with van der Waals surface area (Å²) in [5, 5.41) is 0. The third kappa shape index (κ3) is 1.58. The minimum Gasteiger partial charge on any atom is -0.359 e. The summed E-state index contributed by atoms with van der Waals surface area (Å²) in [6.45, 7) is 3.36. The van der Waals surface area contributed by atoms with Gasteiger partial charge in [-0.2, -0.15) is 13.2 Å². The van der Waals surface area contributed by atoms with Crippen LogP contribution in [0.2, 0.25) is 0 Å². The SMILES string of the molecule is Cc1c[nH]c2c(C)cc(C(F)(F)F)nc12. The molecule has 0 fully saturated rings. The summed E-state index contributed by atoms with van der Waals surface area (Å²) in [6.07, 6.45) is -2.73. The fourth-order valence-corrected chi connectivity index (χ4v) is 1.53. The van der Waals surface area contributed by atoms with E-state index in [2.05, 4.69) is 9.97 Å². The number of H-pyrrole nitrogens is 1. The number of aromatic amines is 1. The Bertz CT molecular complexity index is 511. The Morgan fingerprint density at radius 2 is 1.87 bits per heavy atom. The van der Waals surface area contributed by atoms with Gasteiger partial charge in [0.1, 0.15) is 5.69 Å². The molecule has 15 heavy (non-hydrogen) atoms. The number of alkyl halides is 3. The first-order chi connectivity index (χ1) is 6.89. The molecule has 2 nitrogen and oxygen atoms in total. The number of nitrogens with zero attached hydrogens (tertiary/aromatic N) is 1. The summed E-state index contributed by atoms with van der Waals surface area (Å²) in [5.74, 6) is 0. The van der Waals surface area contributed by atoms with Gasteiger partial charge in [-0.3, -0.25) is 0 Å². The average Bonchev–Trinajstić information content (AvgIpc) is 2.47. The maximum Gasteiger partial charge on any atom is 0.433 e. The summed E-state index contributed by atoms with van der Waals surface area (Å²) in [5.41, 5.74) is 1.50. The molecule has 5 heteroatoms. The lowest BCUT2D eigenvalue weighted by Gasteiger charge is -2.07. The van der Waals surface area contributed by atoms with Crippen molar-refractivity contribution in [2.24, 2.45) is 0 Å². The zero-order chi connectivity index (χ0) is 11.2. The van der Waals surface area contributed by atoms with Crippen molar-refractivity contribution in [2.45, 2.75) is 20.0 Å². The monoisotopic (exact) mass is 214 g/mol. The summed E-state index contributed by atoms with van der Waals surface area (Å²) >= 11 is 0. The van der Waals surface area contributed by atoms with Gasteiger partial charge < -0.3 is 4.98 Å². The zero-order valence-electron chi connectivity index (χ0n) is 8.24. The van der Waals surface area contributed by atoms with Crippen LogP contribution in [0.5, 0.6) is 0 Å². The Labute approximate surface area is 84.1 Å². The molecule has 0 aliphatic heterocycles. The van der Waals surface area contributed by atoms with Gasteiger partial charge in [0.2, 0.25) is 0 Å². The number of pyridine rings is 1. The Morgan fingerprint density at radius 3 is 2.47 bits per heavy atom. The number of hydrogen-bond acceptors (Lipinski definition) is 1. The summed E-state index contributed by atoms with van der Waals surface area (Å²) in [7, 11) is 0. The van der Waals surface area contributed by atoms with Crippen molar-refractivity contribution in [3.05, 3.63) is 29.1 Å². The maximum absolute atomic E-state index is 12.5. The van der Waals surface area contributed by atoms with E-state index in [-0.39, 0.29) is 0 Å². The molecular weight excluding hydrogens is 205 g/mol. The molecule has 2 heterocycles. The largest absolute Gasteiger partial charge is 0.433 e. The highest BCUT2D eigenvalue weighted by molar-refractivity contribution is 5.81. The van der Waals surface area contributed by atoms with Crippen LogP contribution in [0.3, 0.4) is 0 Å². The molecule has 0 aliphatic carbocycles. The maximum atomic E-state index is 12.5. The molecule has 0 saturated heterocycles. The summed E-state index contributed by atoms with van der Waals surface area (Å²) in [6, 6.07) is 1.05. The molecule has 0 aromatic carbocycles. The molecule has 0 radical (unpaired) electrons. The highest BCUT2D eigenvalue weighted by Crippen LogP contribution is 2.31. The van der Waals surface area contributed by atoms with Gasteiger partial charge in [0, 0.05) is 6.20 Å². The first-order valence-corrected chi connectivity index (χ1v) is 4.42. The Kier molecular flexibility index (Phi) is 1.99. The summed E-state index contributed by atoms with van der Waals surface area (Å²) in [4.78, 5) is 6.52. The molecule has 80 valence electrons. The topological polar surface area (TPSA) is 28.7 Å². The number of fused-ring (bicyclic) bond motifs is 1. The van der Waals surface area contributed by atoms with Crippen LogP contribution in [0.15, 0.2) is 12.3 Å². The summed E-state index contributed by atoms with van der Waals surface area (Å²) < 4.78 is 37.4. The van der Waals surface area contributed by atoms with Gasteiger partial charge in [-0.1, -0.05) is 0 Å². The lowest BCUT2D eigenvalue weighted by molar-refractivity contribution is -0.141. The third-order valence-corrected chi connectivity index (χ3v) is 2.31. The van der Waals surface area contributed by atoms with Crippen LogP contribution in [0, 0.1) is 13.8 Å². The second-order valence-corrected chi connectivity index (χ2v) is 3.52.